The fourth-order valence-electron chi connectivity index (χ4n) is 1.84. The number of rotatable bonds is 5. The van der Waals surface area contributed by atoms with Crippen LogP contribution in [0, 0.1) is 0 Å². The molecule has 0 aliphatic rings. The van der Waals surface area contributed by atoms with E-state index in [0.29, 0.717) is 18.7 Å². The summed E-state index contributed by atoms with van der Waals surface area (Å²) in [5.74, 6) is 0. The fraction of sp³-hybridized carbons (Fsp3) is 0.533. The summed E-state index contributed by atoms with van der Waals surface area (Å²) in [5.41, 5.74) is 1.77. The maximum atomic E-state index is 11.6. The molecular formula is C15H24N2O4S. The molecule has 1 aromatic rings. The molecule has 0 atom stereocenters. The van der Waals surface area contributed by atoms with Gasteiger partial charge in [-0.05, 0) is 44.4 Å². The van der Waals surface area contributed by atoms with Crippen molar-refractivity contribution >= 4 is 21.8 Å². The van der Waals surface area contributed by atoms with E-state index in [4.69, 9.17) is 4.74 Å². The molecule has 0 aliphatic carbocycles. The van der Waals surface area contributed by atoms with E-state index in [1.165, 1.54) is 0 Å². The van der Waals surface area contributed by atoms with Crippen LogP contribution in [-0.4, -0.2) is 26.4 Å². The number of ether oxygens (including phenoxy) is 1. The lowest BCUT2D eigenvalue weighted by molar-refractivity contribution is 0.0523. The molecule has 2 N–H and O–H groups in total. The third-order valence-corrected chi connectivity index (χ3v) is 3.27. The van der Waals surface area contributed by atoms with Crippen LogP contribution in [0.25, 0.3) is 0 Å². The van der Waals surface area contributed by atoms with Crippen LogP contribution >= 0.6 is 0 Å². The van der Waals surface area contributed by atoms with Crippen molar-refractivity contribution in [3.8, 4) is 0 Å². The number of aryl methyl sites for hydroxylation is 1. The van der Waals surface area contributed by atoms with Gasteiger partial charge in [-0.25, -0.2) is 13.2 Å². The van der Waals surface area contributed by atoms with E-state index >= 15 is 0 Å². The van der Waals surface area contributed by atoms with Gasteiger partial charge in [-0.2, -0.15) is 0 Å². The first-order valence-corrected chi connectivity index (χ1v) is 8.96. The summed E-state index contributed by atoms with van der Waals surface area (Å²) >= 11 is 0. The van der Waals surface area contributed by atoms with Crippen LogP contribution in [0.2, 0.25) is 0 Å². The number of alkyl carbamates (subject to hydrolysis) is 1. The van der Waals surface area contributed by atoms with Gasteiger partial charge in [0, 0.05) is 6.54 Å². The summed E-state index contributed by atoms with van der Waals surface area (Å²) in [5, 5.41) is 2.67. The minimum atomic E-state index is -3.31. The molecular weight excluding hydrogens is 304 g/mol. The highest BCUT2D eigenvalue weighted by atomic mass is 32.2. The summed E-state index contributed by atoms with van der Waals surface area (Å²) < 4.78 is 30.3. The van der Waals surface area contributed by atoms with Crippen molar-refractivity contribution in [2.75, 3.05) is 11.0 Å². The van der Waals surface area contributed by atoms with Crippen LogP contribution in [0.4, 0.5) is 10.5 Å². The molecule has 0 bridgehead atoms. The molecule has 0 saturated carbocycles. The van der Waals surface area contributed by atoms with Crippen molar-refractivity contribution in [3.05, 3.63) is 29.3 Å². The first kappa shape index (κ1) is 18.3. The summed E-state index contributed by atoms with van der Waals surface area (Å²) in [7, 11) is -3.31. The van der Waals surface area contributed by atoms with E-state index in [1.807, 2.05) is 13.0 Å². The Morgan fingerprint density at radius 3 is 2.41 bits per heavy atom. The number of carbonyl (C=O) groups excluding carboxylic acids is 1. The molecule has 0 aliphatic heterocycles. The normalized spacial score (nSPS) is 11.9. The van der Waals surface area contributed by atoms with E-state index in [2.05, 4.69) is 10.0 Å². The molecule has 0 radical (unpaired) electrons. The van der Waals surface area contributed by atoms with Gasteiger partial charge in [0.1, 0.15) is 5.60 Å². The molecule has 124 valence electrons. The van der Waals surface area contributed by atoms with Crippen LogP contribution in [-0.2, 0) is 27.7 Å². The first-order chi connectivity index (χ1) is 10.00. The van der Waals surface area contributed by atoms with Gasteiger partial charge in [0.2, 0.25) is 10.0 Å². The number of hydrogen-bond donors (Lipinski definition) is 2. The second-order valence-corrected chi connectivity index (χ2v) is 7.82. The van der Waals surface area contributed by atoms with Gasteiger partial charge in [-0.3, -0.25) is 4.72 Å². The van der Waals surface area contributed by atoms with Gasteiger partial charge in [-0.1, -0.05) is 19.1 Å². The van der Waals surface area contributed by atoms with Crippen molar-refractivity contribution in [1.82, 2.24) is 5.32 Å². The zero-order chi connectivity index (χ0) is 17.0. The van der Waals surface area contributed by atoms with Crippen molar-refractivity contribution in [3.63, 3.8) is 0 Å². The fourth-order valence-corrected chi connectivity index (χ4v) is 2.44. The Bertz CT molecular complexity index is 633. The zero-order valence-electron chi connectivity index (χ0n) is 13.7. The second-order valence-electron chi connectivity index (χ2n) is 6.07. The molecule has 1 aromatic carbocycles. The van der Waals surface area contributed by atoms with Gasteiger partial charge >= 0.3 is 6.09 Å². The van der Waals surface area contributed by atoms with Crippen molar-refractivity contribution in [2.45, 2.75) is 46.3 Å². The number of amides is 1. The smallest absolute Gasteiger partial charge is 0.407 e. The number of sulfonamides is 1. The Balaban J connectivity index is 2.76. The minimum Gasteiger partial charge on any atom is -0.444 e. The first-order valence-electron chi connectivity index (χ1n) is 7.06. The molecule has 0 fully saturated rings. The summed E-state index contributed by atoms with van der Waals surface area (Å²) in [6.07, 6.45) is 1.31. The van der Waals surface area contributed by atoms with Crippen LogP contribution in [0.15, 0.2) is 18.2 Å². The maximum absolute atomic E-state index is 11.6. The van der Waals surface area contributed by atoms with E-state index < -0.39 is 21.7 Å². The Hall–Kier alpha value is -1.76. The number of hydrogen-bond acceptors (Lipinski definition) is 4. The molecule has 7 heteroatoms. The van der Waals surface area contributed by atoms with Crippen molar-refractivity contribution in [2.24, 2.45) is 0 Å². The molecule has 22 heavy (non-hydrogen) atoms. The Morgan fingerprint density at radius 2 is 1.91 bits per heavy atom. The van der Waals surface area contributed by atoms with Gasteiger partial charge in [0.25, 0.3) is 0 Å². The van der Waals surface area contributed by atoms with Crippen molar-refractivity contribution < 1.29 is 17.9 Å². The Labute approximate surface area is 132 Å². The van der Waals surface area contributed by atoms with Crippen LogP contribution in [0.1, 0.15) is 38.8 Å². The number of carbonyl (C=O) groups is 1. The highest BCUT2D eigenvalue weighted by Gasteiger charge is 2.16. The van der Waals surface area contributed by atoms with E-state index in [1.54, 1.807) is 32.9 Å². The highest BCUT2D eigenvalue weighted by molar-refractivity contribution is 7.92. The topological polar surface area (TPSA) is 84.5 Å². The van der Waals surface area contributed by atoms with E-state index in [-0.39, 0.29) is 0 Å². The largest absolute Gasteiger partial charge is 0.444 e. The molecule has 0 unspecified atom stereocenters. The van der Waals surface area contributed by atoms with Gasteiger partial charge in [-0.15, -0.1) is 0 Å². The molecule has 0 saturated heterocycles. The third-order valence-electron chi connectivity index (χ3n) is 2.68. The predicted molar refractivity (Wildman–Crippen MR) is 87.4 cm³/mol. The SMILES string of the molecule is CCc1cc(CNC(=O)OC(C)(C)C)ccc1NS(C)(=O)=O. The van der Waals surface area contributed by atoms with Crippen LogP contribution in [0.5, 0.6) is 0 Å². The highest BCUT2D eigenvalue weighted by Crippen LogP contribution is 2.19. The maximum Gasteiger partial charge on any atom is 0.407 e. The predicted octanol–water partition coefficient (Wildman–Crippen LogP) is 2.65. The average molecular weight is 328 g/mol. The van der Waals surface area contributed by atoms with Gasteiger partial charge in [0.15, 0.2) is 0 Å². The van der Waals surface area contributed by atoms with E-state index in [0.717, 1.165) is 17.4 Å². The zero-order valence-corrected chi connectivity index (χ0v) is 14.5. The molecule has 1 rings (SSSR count). The van der Waals surface area contributed by atoms with Crippen LogP contribution in [0.3, 0.4) is 0 Å². The van der Waals surface area contributed by atoms with E-state index in [9.17, 15) is 13.2 Å². The average Bonchev–Trinajstić information content (AvgIpc) is 2.33. The molecule has 1 amide bonds. The number of nitrogens with one attached hydrogen (secondary N) is 2. The molecule has 0 aromatic heterocycles. The number of anilines is 1. The molecule has 6 nitrogen and oxygen atoms in total. The standard InChI is InChI=1S/C15H24N2O4S/c1-6-12-9-11(7-8-13(12)17-22(5,19)20)10-16-14(18)21-15(2,3)4/h7-9,17H,6,10H2,1-5H3,(H,16,18). The minimum absolute atomic E-state index is 0.321. The molecule has 0 heterocycles. The van der Waals surface area contributed by atoms with Gasteiger partial charge in [0.05, 0.1) is 11.9 Å². The lowest BCUT2D eigenvalue weighted by atomic mass is 10.1. The lowest BCUT2D eigenvalue weighted by Gasteiger charge is -2.20. The quantitative estimate of drug-likeness (QED) is 0.870. The Morgan fingerprint density at radius 1 is 1.27 bits per heavy atom. The second kappa shape index (κ2) is 7.00. The number of benzene rings is 1. The van der Waals surface area contributed by atoms with Gasteiger partial charge < -0.3 is 10.1 Å². The summed E-state index contributed by atoms with van der Waals surface area (Å²) in [4.78, 5) is 11.6. The lowest BCUT2D eigenvalue weighted by Crippen LogP contribution is -2.32. The van der Waals surface area contributed by atoms with Crippen LogP contribution < -0.4 is 10.0 Å². The molecule has 0 spiro atoms. The third kappa shape index (κ3) is 6.80. The summed E-state index contributed by atoms with van der Waals surface area (Å²) in [6, 6.07) is 5.33. The van der Waals surface area contributed by atoms with Crippen molar-refractivity contribution in [1.29, 1.82) is 0 Å². The Kier molecular flexibility index (Phi) is 5.82. The monoisotopic (exact) mass is 328 g/mol. The summed E-state index contributed by atoms with van der Waals surface area (Å²) in [6.45, 7) is 7.66.